The van der Waals surface area contributed by atoms with Gasteiger partial charge in [-0.2, -0.15) is 0 Å². The van der Waals surface area contributed by atoms with Crippen LogP contribution >= 0.6 is 0 Å². The van der Waals surface area contributed by atoms with E-state index in [0.717, 1.165) is 17.7 Å². The predicted molar refractivity (Wildman–Crippen MR) is 139 cm³/mol. The maximum absolute atomic E-state index is 10.2. The number of unbranched alkanes of at least 4 members (excludes halogenated alkanes) is 3. The summed E-state index contributed by atoms with van der Waals surface area (Å²) >= 11 is 0. The van der Waals surface area contributed by atoms with Crippen LogP contribution in [-0.4, -0.2) is 36.2 Å². The van der Waals surface area contributed by atoms with E-state index in [4.69, 9.17) is 4.74 Å². The molecule has 2 aliphatic rings. The Morgan fingerprint density at radius 1 is 0.794 bits per heavy atom. The van der Waals surface area contributed by atoms with Crippen molar-refractivity contribution in [3.8, 4) is 11.5 Å². The average Bonchev–Trinajstić information content (AvgIpc) is 3.40. The topological polar surface area (TPSA) is 32.7 Å². The van der Waals surface area contributed by atoms with Gasteiger partial charge in [0.05, 0.1) is 6.61 Å². The van der Waals surface area contributed by atoms with Crippen LogP contribution in [0.25, 0.3) is 0 Å². The Balaban J connectivity index is 1.24. The third kappa shape index (κ3) is 5.47. The molecule has 1 N–H and O–H groups in total. The van der Waals surface area contributed by atoms with Gasteiger partial charge in [-0.3, -0.25) is 0 Å². The van der Waals surface area contributed by atoms with Crippen molar-refractivity contribution in [3.05, 3.63) is 95.1 Å². The molecule has 34 heavy (non-hydrogen) atoms. The van der Waals surface area contributed by atoms with Crippen LogP contribution in [0.3, 0.4) is 0 Å². The summed E-state index contributed by atoms with van der Waals surface area (Å²) in [4.78, 5) is 2.62. The fraction of sp³-hybridized carbons (Fsp3) is 0.419. The van der Waals surface area contributed by atoms with Crippen LogP contribution in [0.2, 0.25) is 0 Å². The van der Waals surface area contributed by atoms with Gasteiger partial charge in [0.25, 0.3) is 0 Å². The van der Waals surface area contributed by atoms with Gasteiger partial charge in [0.15, 0.2) is 0 Å². The molecule has 0 saturated carbocycles. The number of fused-ring (bicyclic) bond motifs is 1. The quantitative estimate of drug-likeness (QED) is 0.356. The normalized spacial score (nSPS) is 20.1. The lowest BCUT2D eigenvalue weighted by molar-refractivity contribution is 0.248. The Morgan fingerprint density at radius 2 is 1.56 bits per heavy atom. The van der Waals surface area contributed by atoms with Crippen LogP contribution in [0.4, 0.5) is 0 Å². The fourth-order valence-electron chi connectivity index (χ4n) is 5.72. The number of benzene rings is 3. The number of nitrogens with zero attached hydrogens (tertiary/aromatic N) is 1. The summed E-state index contributed by atoms with van der Waals surface area (Å²) in [5, 5.41) is 10.2. The summed E-state index contributed by atoms with van der Waals surface area (Å²) in [5.41, 5.74) is 5.06. The van der Waals surface area contributed by atoms with E-state index >= 15 is 0 Å². The molecular weight excluding hydrogens is 418 g/mol. The first-order valence-corrected chi connectivity index (χ1v) is 13.1. The van der Waals surface area contributed by atoms with Gasteiger partial charge in [0.1, 0.15) is 11.5 Å². The lowest BCUT2D eigenvalue weighted by atomic mass is 9.75. The van der Waals surface area contributed by atoms with Gasteiger partial charge in [0, 0.05) is 17.4 Å². The highest BCUT2D eigenvalue weighted by molar-refractivity contribution is 5.50. The largest absolute Gasteiger partial charge is 0.508 e. The number of ether oxygens (including phenoxy) is 1. The summed E-state index contributed by atoms with van der Waals surface area (Å²) in [6.45, 7) is 4.56. The Morgan fingerprint density at radius 3 is 2.35 bits per heavy atom. The molecule has 2 atom stereocenters. The molecule has 2 aliphatic heterocycles. The minimum absolute atomic E-state index is 0.165. The second-order valence-corrected chi connectivity index (χ2v) is 9.98. The maximum Gasteiger partial charge on any atom is 0.123 e. The van der Waals surface area contributed by atoms with E-state index in [2.05, 4.69) is 59.5 Å². The van der Waals surface area contributed by atoms with Crippen LogP contribution in [0.15, 0.2) is 72.8 Å². The molecule has 3 aromatic carbocycles. The van der Waals surface area contributed by atoms with Crippen molar-refractivity contribution >= 4 is 0 Å². The molecule has 0 aromatic heterocycles. The van der Waals surface area contributed by atoms with Crippen molar-refractivity contribution < 1.29 is 9.84 Å². The van der Waals surface area contributed by atoms with Gasteiger partial charge >= 0.3 is 0 Å². The first-order valence-electron chi connectivity index (χ1n) is 13.1. The predicted octanol–water partition coefficient (Wildman–Crippen LogP) is 6.90. The van der Waals surface area contributed by atoms with Crippen molar-refractivity contribution in [2.75, 3.05) is 26.2 Å². The van der Waals surface area contributed by atoms with E-state index < -0.39 is 0 Å². The molecule has 3 nitrogen and oxygen atoms in total. The van der Waals surface area contributed by atoms with Crippen molar-refractivity contribution in [1.82, 2.24) is 4.90 Å². The summed E-state index contributed by atoms with van der Waals surface area (Å²) in [6.07, 6.45) is 9.20. The first kappa shape index (κ1) is 23.0. The smallest absolute Gasteiger partial charge is 0.123 e. The number of rotatable bonds is 9. The van der Waals surface area contributed by atoms with Crippen molar-refractivity contribution in [3.63, 3.8) is 0 Å². The molecule has 0 bridgehead atoms. The summed E-state index contributed by atoms with van der Waals surface area (Å²) in [5.74, 6) is 1.56. The van der Waals surface area contributed by atoms with Crippen LogP contribution in [0.1, 0.15) is 72.6 Å². The van der Waals surface area contributed by atoms with Gasteiger partial charge < -0.3 is 14.7 Å². The van der Waals surface area contributed by atoms with Crippen LogP contribution < -0.4 is 4.74 Å². The number of hydrogen-bond acceptors (Lipinski definition) is 3. The molecule has 178 valence electrons. The fourth-order valence-corrected chi connectivity index (χ4v) is 5.72. The number of hydrogen-bond donors (Lipinski definition) is 1. The zero-order chi connectivity index (χ0) is 23.2. The number of likely N-dealkylation sites (tertiary alicyclic amines) is 1. The maximum atomic E-state index is 10.2. The summed E-state index contributed by atoms with van der Waals surface area (Å²) < 4.78 is 6.12. The molecule has 5 rings (SSSR count). The van der Waals surface area contributed by atoms with Crippen molar-refractivity contribution in [2.45, 2.75) is 56.8 Å². The van der Waals surface area contributed by atoms with E-state index in [0.29, 0.717) is 12.4 Å². The Kier molecular flexibility index (Phi) is 7.50. The SMILES string of the molecule is Oc1ccc2c(c1)[C@H](c1ccc(CCCCCCN3CCCC3)cc1)[C@H](c1ccccc1)CO2. The van der Waals surface area contributed by atoms with Gasteiger partial charge in [-0.05, 0) is 86.6 Å². The standard InChI is InChI=1S/C31H37NO2/c33-27-17-18-30-28(22-27)31(29(23-34-30)25-11-5-3-6-12-25)26-15-13-24(14-16-26)10-4-1-2-7-19-32-20-8-9-21-32/h3,5-6,11-18,22,29,31,33H,1-2,4,7-10,19-21,23H2/t29-,31-/m0/s1. The van der Waals surface area contributed by atoms with E-state index in [1.807, 2.05) is 12.1 Å². The molecule has 0 amide bonds. The van der Waals surface area contributed by atoms with Crippen LogP contribution in [0.5, 0.6) is 11.5 Å². The number of phenols is 1. The second-order valence-electron chi connectivity index (χ2n) is 9.98. The lowest BCUT2D eigenvalue weighted by Crippen LogP contribution is -2.25. The van der Waals surface area contributed by atoms with Gasteiger partial charge in [-0.25, -0.2) is 0 Å². The van der Waals surface area contributed by atoms with Crippen molar-refractivity contribution in [1.29, 1.82) is 0 Å². The van der Waals surface area contributed by atoms with Crippen LogP contribution in [-0.2, 0) is 6.42 Å². The number of aryl methyl sites for hydroxylation is 1. The minimum Gasteiger partial charge on any atom is -0.508 e. The average molecular weight is 456 g/mol. The van der Waals surface area contributed by atoms with E-state index in [9.17, 15) is 5.11 Å². The van der Waals surface area contributed by atoms with Crippen LogP contribution in [0, 0.1) is 0 Å². The Labute approximate surface area is 204 Å². The zero-order valence-corrected chi connectivity index (χ0v) is 20.2. The minimum atomic E-state index is 0.165. The summed E-state index contributed by atoms with van der Waals surface area (Å²) in [7, 11) is 0. The molecule has 2 heterocycles. The third-order valence-corrected chi connectivity index (χ3v) is 7.60. The molecule has 0 unspecified atom stereocenters. The van der Waals surface area contributed by atoms with Gasteiger partial charge in [-0.1, -0.05) is 67.4 Å². The summed E-state index contributed by atoms with van der Waals surface area (Å²) in [6, 6.07) is 25.3. The van der Waals surface area contributed by atoms with E-state index in [1.54, 1.807) is 6.07 Å². The van der Waals surface area contributed by atoms with Crippen molar-refractivity contribution in [2.24, 2.45) is 0 Å². The molecule has 0 aliphatic carbocycles. The molecule has 3 aromatic rings. The third-order valence-electron chi connectivity index (χ3n) is 7.60. The first-order chi connectivity index (χ1) is 16.8. The van der Waals surface area contributed by atoms with Gasteiger partial charge in [0.2, 0.25) is 0 Å². The Hall–Kier alpha value is -2.78. The molecule has 1 saturated heterocycles. The number of aromatic hydroxyl groups is 1. The Bertz CT molecular complexity index is 1040. The van der Waals surface area contributed by atoms with E-state index in [1.165, 1.54) is 74.8 Å². The molecule has 3 heteroatoms. The van der Waals surface area contributed by atoms with E-state index in [-0.39, 0.29) is 11.8 Å². The lowest BCUT2D eigenvalue weighted by Gasteiger charge is -2.34. The highest BCUT2D eigenvalue weighted by atomic mass is 16.5. The monoisotopic (exact) mass is 455 g/mol. The zero-order valence-electron chi connectivity index (χ0n) is 20.2. The molecule has 1 fully saturated rings. The second kappa shape index (κ2) is 11.1. The highest BCUT2D eigenvalue weighted by Crippen LogP contribution is 2.47. The molecule has 0 spiro atoms. The highest BCUT2D eigenvalue weighted by Gasteiger charge is 2.33. The van der Waals surface area contributed by atoms with Gasteiger partial charge in [-0.15, -0.1) is 0 Å². The number of phenolic OH excluding ortho intramolecular Hbond substituents is 1. The molecule has 0 radical (unpaired) electrons. The molecular formula is C31H37NO2.